The van der Waals surface area contributed by atoms with Crippen LogP contribution < -0.4 is 0 Å². The maximum Gasteiger partial charge on any atom is 0.254 e. The number of amides is 2. The zero-order chi connectivity index (χ0) is 21.1. The molecule has 1 aromatic rings. The molecule has 3 aliphatic heterocycles. The summed E-state index contributed by atoms with van der Waals surface area (Å²) >= 11 is 0. The fraction of sp³-hybridized carbons (Fsp3) is 0.583. The minimum absolute atomic E-state index is 0.00877. The van der Waals surface area contributed by atoms with E-state index < -0.39 is 0 Å². The van der Waals surface area contributed by atoms with Crippen LogP contribution in [0.2, 0.25) is 0 Å². The molecule has 0 radical (unpaired) electrons. The third-order valence-electron chi connectivity index (χ3n) is 7.14. The summed E-state index contributed by atoms with van der Waals surface area (Å²) in [7, 11) is 0. The number of phenols is 1. The molecule has 0 saturated carbocycles. The van der Waals surface area contributed by atoms with Crippen molar-refractivity contribution in [1.29, 1.82) is 0 Å². The molecule has 0 bridgehead atoms. The van der Waals surface area contributed by atoms with E-state index in [1.807, 2.05) is 22.8 Å². The van der Waals surface area contributed by atoms with Gasteiger partial charge in [0.15, 0.2) is 0 Å². The number of likely N-dealkylation sites (tertiary alicyclic amines) is 3. The van der Waals surface area contributed by atoms with Crippen LogP contribution in [0.4, 0.5) is 0 Å². The number of hydrogen-bond acceptors (Lipinski definition) is 4. The summed E-state index contributed by atoms with van der Waals surface area (Å²) in [6.45, 7) is 8.00. The van der Waals surface area contributed by atoms with Gasteiger partial charge in [0.25, 0.3) is 5.91 Å². The van der Waals surface area contributed by atoms with Crippen molar-refractivity contribution >= 4 is 11.8 Å². The van der Waals surface area contributed by atoms with Gasteiger partial charge < -0.3 is 14.9 Å². The predicted octanol–water partition coefficient (Wildman–Crippen LogP) is 2.81. The number of carbonyl (C=O) groups is 2. The van der Waals surface area contributed by atoms with E-state index in [0.29, 0.717) is 5.56 Å². The topological polar surface area (TPSA) is 64.1 Å². The summed E-state index contributed by atoms with van der Waals surface area (Å²) in [5.74, 6) is 0.273. The molecule has 1 aromatic carbocycles. The Bertz CT molecular complexity index is 821. The Morgan fingerprint density at radius 3 is 2.37 bits per heavy atom. The van der Waals surface area contributed by atoms with Crippen LogP contribution >= 0.6 is 0 Å². The molecule has 0 atom stereocenters. The van der Waals surface area contributed by atoms with Crippen LogP contribution in [0.5, 0.6) is 5.75 Å². The van der Waals surface area contributed by atoms with Gasteiger partial charge in [-0.1, -0.05) is 12.1 Å². The molecule has 2 amide bonds. The molecular formula is C24H33N3O3. The maximum absolute atomic E-state index is 12.9. The molecule has 6 heteroatoms. The number of piperidine rings is 1. The standard InChI is InChI=1S/C24H33N3O3/c1-19-6-7-20(17-21(19)28)23(30)27-16-10-24(18-27)8-14-26(15-9-24)22(29)5-4-13-25-11-2-3-12-25/h4-7,17,28H,2-3,8-16,18H2,1H3/b5-4+. The van der Waals surface area contributed by atoms with Gasteiger partial charge in [-0.15, -0.1) is 0 Å². The van der Waals surface area contributed by atoms with Crippen molar-refractivity contribution in [2.45, 2.75) is 39.0 Å². The number of nitrogens with zero attached hydrogens (tertiary/aromatic N) is 3. The van der Waals surface area contributed by atoms with E-state index >= 15 is 0 Å². The summed E-state index contributed by atoms with van der Waals surface area (Å²) in [4.78, 5) is 31.6. The molecule has 3 fully saturated rings. The highest BCUT2D eigenvalue weighted by atomic mass is 16.3. The average Bonchev–Trinajstić information content (AvgIpc) is 3.41. The van der Waals surface area contributed by atoms with Crippen LogP contribution in [0.15, 0.2) is 30.4 Å². The van der Waals surface area contributed by atoms with Crippen LogP contribution in [0.3, 0.4) is 0 Å². The molecule has 0 aliphatic carbocycles. The van der Waals surface area contributed by atoms with Gasteiger partial charge in [0, 0.05) is 44.4 Å². The average molecular weight is 412 g/mol. The van der Waals surface area contributed by atoms with Gasteiger partial charge in [-0.2, -0.15) is 0 Å². The molecule has 3 heterocycles. The normalized spacial score (nSPS) is 21.8. The number of phenolic OH excluding ortho intramolecular Hbond substituents is 1. The molecule has 4 rings (SSSR count). The first-order valence-electron chi connectivity index (χ1n) is 11.2. The summed E-state index contributed by atoms with van der Waals surface area (Å²) in [6.07, 6.45) is 9.16. The van der Waals surface area contributed by atoms with Crippen molar-refractivity contribution in [3.05, 3.63) is 41.5 Å². The number of benzene rings is 1. The smallest absolute Gasteiger partial charge is 0.254 e. The minimum Gasteiger partial charge on any atom is -0.508 e. The first-order valence-corrected chi connectivity index (χ1v) is 11.2. The van der Waals surface area contributed by atoms with Crippen LogP contribution in [0, 0.1) is 12.3 Å². The second-order valence-electron chi connectivity index (χ2n) is 9.21. The predicted molar refractivity (Wildman–Crippen MR) is 116 cm³/mol. The molecule has 162 valence electrons. The quantitative estimate of drug-likeness (QED) is 0.774. The molecule has 0 unspecified atom stereocenters. The molecule has 6 nitrogen and oxygen atoms in total. The molecule has 3 aliphatic rings. The van der Waals surface area contributed by atoms with Gasteiger partial charge in [-0.3, -0.25) is 14.5 Å². The van der Waals surface area contributed by atoms with E-state index in [1.165, 1.54) is 12.8 Å². The lowest BCUT2D eigenvalue weighted by molar-refractivity contribution is -0.128. The van der Waals surface area contributed by atoms with Crippen molar-refractivity contribution in [2.24, 2.45) is 5.41 Å². The van der Waals surface area contributed by atoms with E-state index in [0.717, 1.165) is 70.6 Å². The lowest BCUT2D eigenvalue weighted by Gasteiger charge is -2.39. The number of carbonyl (C=O) groups excluding carboxylic acids is 2. The van der Waals surface area contributed by atoms with Gasteiger partial charge in [0.1, 0.15) is 5.75 Å². The molecular weight excluding hydrogens is 378 g/mol. The number of hydrogen-bond donors (Lipinski definition) is 1. The minimum atomic E-state index is -0.00877. The second-order valence-corrected chi connectivity index (χ2v) is 9.21. The molecule has 1 spiro atoms. The van der Waals surface area contributed by atoms with Crippen molar-refractivity contribution in [2.75, 3.05) is 45.8 Å². The number of aromatic hydroxyl groups is 1. The van der Waals surface area contributed by atoms with E-state index in [2.05, 4.69) is 4.90 Å². The molecule has 1 N–H and O–H groups in total. The molecule has 30 heavy (non-hydrogen) atoms. The lowest BCUT2D eigenvalue weighted by atomic mass is 9.78. The molecule has 3 saturated heterocycles. The van der Waals surface area contributed by atoms with Gasteiger partial charge >= 0.3 is 0 Å². The summed E-state index contributed by atoms with van der Waals surface area (Å²) in [5, 5.41) is 9.92. The first-order chi connectivity index (χ1) is 14.5. The summed E-state index contributed by atoms with van der Waals surface area (Å²) < 4.78 is 0. The van der Waals surface area contributed by atoms with Gasteiger partial charge in [-0.25, -0.2) is 0 Å². The van der Waals surface area contributed by atoms with Crippen molar-refractivity contribution in [1.82, 2.24) is 14.7 Å². The number of aryl methyl sites for hydroxylation is 1. The Balaban J connectivity index is 1.28. The second kappa shape index (κ2) is 8.80. The number of rotatable bonds is 4. The third kappa shape index (κ3) is 4.53. The Hall–Kier alpha value is -2.34. The fourth-order valence-electron chi connectivity index (χ4n) is 5.02. The van der Waals surface area contributed by atoms with Gasteiger partial charge in [-0.05, 0) is 75.2 Å². The largest absolute Gasteiger partial charge is 0.508 e. The Morgan fingerprint density at radius 2 is 1.70 bits per heavy atom. The third-order valence-corrected chi connectivity index (χ3v) is 7.14. The van der Waals surface area contributed by atoms with E-state index in [1.54, 1.807) is 24.3 Å². The Labute approximate surface area is 179 Å². The highest BCUT2D eigenvalue weighted by Crippen LogP contribution is 2.41. The zero-order valence-electron chi connectivity index (χ0n) is 18.0. The highest BCUT2D eigenvalue weighted by Gasteiger charge is 2.42. The zero-order valence-corrected chi connectivity index (χ0v) is 18.0. The van der Waals surface area contributed by atoms with Crippen LogP contribution in [-0.2, 0) is 4.79 Å². The van der Waals surface area contributed by atoms with E-state index in [4.69, 9.17) is 0 Å². The van der Waals surface area contributed by atoms with Crippen LogP contribution in [0.25, 0.3) is 0 Å². The fourth-order valence-corrected chi connectivity index (χ4v) is 5.02. The van der Waals surface area contributed by atoms with Crippen molar-refractivity contribution < 1.29 is 14.7 Å². The highest BCUT2D eigenvalue weighted by molar-refractivity contribution is 5.95. The van der Waals surface area contributed by atoms with Crippen molar-refractivity contribution in [3.8, 4) is 5.75 Å². The van der Waals surface area contributed by atoms with Gasteiger partial charge in [0.05, 0.1) is 0 Å². The summed E-state index contributed by atoms with van der Waals surface area (Å²) in [6, 6.07) is 5.15. The van der Waals surface area contributed by atoms with E-state index in [-0.39, 0.29) is 23.0 Å². The maximum atomic E-state index is 12.9. The SMILES string of the molecule is Cc1ccc(C(=O)N2CCC3(CCN(C(=O)/C=C/CN4CCCC4)CC3)C2)cc1O. The van der Waals surface area contributed by atoms with Crippen molar-refractivity contribution in [3.63, 3.8) is 0 Å². The van der Waals surface area contributed by atoms with E-state index in [9.17, 15) is 14.7 Å². The van der Waals surface area contributed by atoms with Crippen LogP contribution in [0.1, 0.15) is 48.0 Å². The Morgan fingerprint density at radius 1 is 1.03 bits per heavy atom. The first kappa shape index (κ1) is 20.9. The Kier molecular flexibility index (Phi) is 6.14. The summed E-state index contributed by atoms with van der Waals surface area (Å²) in [5.41, 5.74) is 1.44. The monoisotopic (exact) mass is 411 g/mol. The van der Waals surface area contributed by atoms with Gasteiger partial charge in [0.2, 0.25) is 5.91 Å². The lowest BCUT2D eigenvalue weighted by Crippen LogP contribution is -2.44. The van der Waals surface area contributed by atoms with Crippen LogP contribution in [-0.4, -0.2) is 77.4 Å². The molecule has 0 aromatic heterocycles.